The van der Waals surface area contributed by atoms with Gasteiger partial charge in [0.1, 0.15) is 5.75 Å². The number of ether oxygens (including phenoxy) is 1. The van der Waals surface area contributed by atoms with Gasteiger partial charge in [-0.15, -0.1) is 0 Å². The van der Waals surface area contributed by atoms with E-state index in [0.29, 0.717) is 13.1 Å². The van der Waals surface area contributed by atoms with E-state index in [9.17, 15) is 9.90 Å². The van der Waals surface area contributed by atoms with Gasteiger partial charge in [-0.1, -0.05) is 0 Å². The molecule has 5 heteroatoms. The number of hydrogen-bond acceptors (Lipinski definition) is 4. The van der Waals surface area contributed by atoms with Gasteiger partial charge in [0, 0.05) is 19.3 Å². The Kier molecular flexibility index (Phi) is 3.26. The zero-order valence-electron chi connectivity index (χ0n) is 11.8. The number of aromatic nitrogens is 1. The Hall–Kier alpha value is -1.62. The molecule has 0 atom stereocenters. The van der Waals surface area contributed by atoms with Crippen molar-refractivity contribution in [2.45, 2.75) is 38.9 Å². The van der Waals surface area contributed by atoms with Gasteiger partial charge in [0.2, 0.25) is 0 Å². The van der Waals surface area contributed by atoms with Crippen LogP contribution in [0.3, 0.4) is 0 Å². The minimum absolute atomic E-state index is 0.0883. The van der Waals surface area contributed by atoms with E-state index in [1.54, 1.807) is 11.0 Å². The fraction of sp³-hybridized carbons (Fsp3) is 0.571. The van der Waals surface area contributed by atoms with Crippen molar-refractivity contribution in [1.29, 1.82) is 0 Å². The lowest BCUT2D eigenvalue weighted by molar-refractivity contribution is -0.171. The van der Waals surface area contributed by atoms with Crippen LogP contribution in [-0.4, -0.2) is 45.2 Å². The molecular formula is C14H20N2O3. The van der Waals surface area contributed by atoms with Gasteiger partial charge >= 0.3 is 0 Å². The Balaban J connectivity index is 2.27. The van der Waals surface area contributed by atoms with Crippen LogP contribution < -0.4 is 0 Å². The van der Waals surface area contributed by atoms with Crippen molar-refractivity contribution in [3.8, 4) is 5.75 Å². The number of morpholine rings is 1. The van der Waals surface area contributed by atoms with E-state index in [2.05, 4.69) is 4.98 Å². The minimum atomic E-state index is -0.415. The normalized spacial score (nSPS) is 21.2. The van der Waals surface area contributed by atoms with Crippen molar-refractivity contribution < 1.29 is 14.6 Å². The number of nitrogens with zero attached hydrogens (tertiary/aromatic N) is 2. The van der Waals surface area contributed by atoms with Gasteiger partial charge in [-0.2, -0.15) is 0 Å². The molecule has 0 spiro atoms. The standard InChI is InChI=1S/C14H20N2O3/c1-13(2)8-16(9-14(3,4)19-13)12(18)11-10(17)6-5-7-15-11/h5-7,17H,8-9H2,1-4H3. The predicted octanol–water partition coefficient (Wildman–Crippen LogP) is 1.82. The van der Waals surface area contributed by atoms with Crippen molar-refractivity contribution in [1.82, 2.24) is 9.88 Å². The SMILES string of the molecule is CC1(C)CN(C(=O)c2ncccc2O)CC(C)(C)O1. The molecule has 1 aliphatic heterocycles. The molecule has 1 saturated heterocycles. The maximum atomic E-state index is 12.4. The zero-order chi connectivity index (χ0) is 14.3. The lowest BCUT2D eigenvalue weighted by atomic mass is 9.98. The van der Waals surface area contributed by atoms with Crippen LogP contribution in [0.2, 0.25) is 0 Å². The van der Waals surface area contributed by atoms with Gasteiger partial charge in [0.25, 0.3) is 5.91 Å². The number of aromatic hydroxyl groups is 1. The highest BCUT2D eigenvalue weighted by Crippen LogP contribution is 2.29. The van der Waals surface area contributed by atoms with E-state index in [1.165, 1.54) is 12.3 Å². The van der Waals surface area contributed by atoms with Crippen LogP contribution in [0.25, 0.3) is 0 Å². The van der Waals surface area contributed by atoms with E-state index in [1.807, 2.05) is 27.7 Å². The second kappa shape index (κ2) is 4.49. The van der Waals surface area contributed by atoms with Crippen molar-refractivity contribution in [2.75, 3.05) is 13.1 Å². The van der Waals surface area contributed by atoms with Crippen LogP contribution in [0.4, 0.5) is 0 Å². The monoisotopic (exact) mass is 264 g/mol. The first-order chi connectivity index (χ1) is 8.70. The van der Waals surface area contributed by atoms with Crippen LogP contribution in [0, 0.1) is 0 Å². The van der Waals surface area contributed by atoms with Crippen LogP contribution in [-0.2, 0) is 4.74 Å². The Morgan fingerprint density at radius 3 is 2.42 bits per heavy atom. The van der Waals surface area contributed by atoms with Gasteiger partial charge in [0.15, 0.2) is 5.69 Å². The molecular weight excluding hydrogens is 244 g/mol. The van der Waals surface area contributed by atoms with Gasteiger partial charge in [-0.25, -0.2) is 4.98 Å². The number of pyridine rings is 1. The average Bonchev–Trinajstić information content (AvgIpc) is 2.24. The fourth-order valence-electron chi connectivity index (χ4n) is 2.64. The molecule has 19 heavy (non-hydrogen) atoms. The highest BCUT2D eigenvalue weighted by Gasteiger charge is 2.40. The predicted molar refractivity (Wildman–Crippen MR) is 71.0 cm³/mol. The molecule has 0 aliphatic carbocycles. The first-order valence-corrected chi connectivity index (χ1v) is 6.34. The Labute approximate surface area is 113 Å². The third kappa shape index (κ3) is 3.04. The van der Waals surface area contributed by atoms with E-state index < -0.39 is 11.2 Å². The summed E-state index contributed by atoms with van der Waals surface area (Å²) in [5.41, 5.74) is -0.736. The zero-order valence-corrected chi connectivity index (χ0v) is 11.8. The van der Waals surface area contributed by atoms with Gasteiger partial charge in [-0.05, 0) is 39.8 Å². The summed E-state index contributed by atoms with van der Waals surface area (Å²) in [5, 5.41) is 9.73. The molecule has 1 aliphatic rings. The third-order valence-corrected chi connectivity index (χ3v) is 2.97. The Bertz CT molecular complexity index is 481. The van der Waals surface area contributed by atoms with Crippen LogP contribution in [0.1, 0.15) is 38.2 Å². The summed E-state index contributed by atoms with van der Waals surface area (Å²) in [6.45, 7) is 8.76. The molecule has 0 bridgehead atoms. The molecule has 1 fully saturated rings. The minimum Gasteiger partial charge on any atom is -0.505 e. The molecule has 104 valence electrons. The molecule has 5 nitrogen and oxygen atoms in total. The lowest BCUT2D eigenvalue weighted by Gasteiger charge is -2.47. The molecule has 1 N–H and O–H groups in total. The van der Waals surface area contributed by atoms with Crippen molar-refractivity contribution >= 4 is 5.91 Å². The quantitative estimate of drug-likeness (QED) is 0.840. The van der Waals surface area contributed by atoms with Crippen molar-refractivity contribution in [3.63, 3.8) is 0 Å². The smallest absolute Gasteiger partial charge is 0.276 e. The summed E-state index contributed by atoms with van der Waals surface area (Å²) in [4.78, 5) is 18.1. The van der Waals surface area contributed by atoms with Crippen LogP contribution in [0.15, 0.2) is 18.3 Å². The fourth-order valence-corrected chi connectivity index (χ4v) is 2.64. The van der Waals surface area contributed by atoms with E-state index >= 15 is 0 Å². The summed E-state index contributed by atoms with van der Waals surface area (Å²) >= 11 is 0. The molecule has 0 radical (unpaired) electrons. The highest BCUT2D eigenvalue weighted by atomic mass is 16.5. The van der Waals surface area contributed by atoms with Gasteiger partial charge < -0.3 is 14.7 Å². The molecule has 1 aromatic rings. The second-order valence-corrected chi connectivity index (χ2v) is 6.15. The van der Waals surface area contributed by atoms with Crippen molar-refractivity contribution in [3.05, 3.63) is 24.0 Å². The summed E-state index contributed by atoms with van der Waals surface area (Å²) in [5.74, 6) is -0.350. The first-order valence-electron chi connectivity index (χ1n) is 6.34. The summed E-state index contributed by atoms with van der Waals surface area (Å²) < 4.78 is 5.93. The van der Waals surface area contributed by atoms with E-state index in [0.717, 1.165) is 0 Å². The molecule has 1 aromatic heterocycles. The first kappa shape index (κ1) is 13.8. The maximum Gasteiger partial charge on any atom is 0.276 e. The largest absolute Gasteiger partial charge is 0.505 e. The third-order valence-electron chi connectivity index (χ3n) is 2.97. The maximum absolute atomic E-state index is 12.4. The molecule has 0 aromatic carbocycles. The molecule has 0 saturated carbocycles. The molecule has 2 heterocycles. The Morgan fingerprint density at radius 2 is 1.89 bits per heavy atom. The van der Waals surface area contributed by atoms with E-state index in [4.69, 9.17) is 4.74 Å². The van der Waals surface area contributed by atoms with E-state index in [-0.39, 0.29) is 17.4 Å². The highest BCUT2D eigenvalue weighted by molar-refractivity contribution is 5.94. The average molecular weight is 264 g/mol. The second-order valence-electron chi connectivity index (χ2n) is 6.15. The number of amides is 1. The lowest BCUT2D eigenvalue weighted by Crippen LogP contribution is -2.58. The molecule has 2 rings (SSSR count). The molecule has 0 unspecified atom stereocenters. The number of rotatable bonds is 1. The van der Waals surface area contributed by atoms with Crippen LogP contribution >= 0.6 is 0 Å². The topological polar surface area (TPSA) is 62.7 Å². The summed E-state index contributed by atoms with van der Waals surface area (Å²) in [6, 6.07) is 3.07. The number of carbonyl (C=O) groups is 1. The summed E-state index contributed by atoms with van der Waals surface area (Å²) in [6.07, 6.45) is 1.50. The molecule has 1 amide bonds. The van der Waals surface area contributed by atoms with Crippen molar-refractivity contribution in [2.24, 2.45) is 0 Å². The Morgan fingerprint density at radius 1 is 1.32 bits per heavy atom. The summed E-state index contributed by atoms with van der Waals surface area (Å²) in [7, 11) is 0. The van der Waals surface area contributed by atoms with Gasteiger partial charge in [0.05, 0.1) is 11.2 Å². The number of carbonyl (C=O) groups excluding carboxylic acids is 1. The van der Waals surface area contributed by atoms with Crippen LogP contribution in [0.5, 0.6) is 5.75 Å². The number of hydrogen-bond donors (Lipinski definition) is 1. The van der Waals surface area contributed by atoms with Gasteiger partial charge in [-0.3, -0.25) is 4.79 Å².